The van der Waals surface area contributed by atoms with E-state index in [9.17, 15) is 4.79 Å². The lowest BCUT2D eigenvalue weighted by molar-refractivity contribution is -0.120. The Bertz CT molecular complexity index is 219. The standard InChI is InChI=1S/C10H20N2OS/c1-9(2,3)14-7-6-12-10(4-5-10)8(11)13/h12H,4-7H2,1-3H3,(H2,11,13). The summed E-state index contributed by atoms with van der Waals surface area (Å²) < 4.78 is 0.297. The van der Waals surface area contributed by atoms with E-state index in [1.54, 1.807) is 0 Å². The van der Waals surface area contributed by atoms with Gasteiger partial charge in [-0.1, -0.05) is 20.8 Å². The minimum Gasteiger partial charge on any atom is -0.368 e. The number of rotatable bonds is 5. The van der Waals surface area contributed by atoms with Crippen LogP contribution < -0.4 is 11.1 Å². The first-order chi connectivity index (χ1) is 6.36. The van der Waals surface area contributed by atoms with Crippen LogP contribution in [0, 0.1) is 0 Å². The number of carbonyl (C=O) groups is 1. The molecule has 14 heavy (non-hydrogen) atoms. The number of primary amides is 1. The molecule has 3 N–H and O–H groups in total. The lowest BCUT2D eigenvalue weighted by Gasteiger charge is -2.19. The average Bonchev–Trinajstić information content (AvgIpc) is 2.77. The summed E-state index contributed by atoms with van der Waals surface area (Å²) in [5, 5.41) is 3.25. The Morgan fingerprint density at radius 3 is 2.43 bits per heavy atom. The van der Waals surface area contributed by atoms with E-state index in [2.05, 4.69) is 26.1 Å². The third-order valence-electron chi connectivity index (χ3n) is 2.32. The molecule has 0 bridgehead atoms. The number of nitrogens with two attached hydrogens (primary N) is 1. The molecule has 1 fully saturated rings. The molecule has 0 unspecified atom stereocenters. The molecule has 0 heterocycles. The fraction of sp³-hybridized carbons (Fsp3) is 0.900. The van der Waals surface area contributed by atoms with Crippen molar-refractivity contribution in [2.45, 2.75) is 43.9 Å². The number of thioether (sulfide) groups is 1. The Morgan fingerprint density at radius 1 is 1.50 bits per heavy atom. The van der Waals surface area contributed by atoms with Crippen LogP contribution in [0.15, 0.2) is 0 Å². The van der Waals surface area contributed by atoms with Gasteiger partial charge in [-0.05, 0) is 12.8 Å². The fourth-order valence-electron chi connectivity index (χ4n) is 1.28. The zero-order chi connectivity index (χ0) is 10.8. The summed E-state index contributed by atoms with van der Waals surface area (Å²) in [6, 6.07) is 0. The van der Waals surface area contributed by atoms with Crippen molar-refractivity contribution in [1.82, 2.24) is 5.32 Å². The van der Waals surface area contributed by atoms with Crippen LogP contribution >= 0.6 is 11.8 Å². The second-order valence-corrected chi connectivity index (χ2v) is 6.76. The van der Waals surface area contributed by atoms with E-state index in [1.165, 1.54) is 0 Å². The van der Waals surface area contributed by atoms with Crippen molar-refractivity contribution < 1.29 is 4.79 Å². The Kier molecular flexibility index (Phi) is 3.48. The van der Waals surface area contributed by atoms with E-state index >= 15 is 0 Å². The van der Waals surface area contributed by atoms with E-state index in [-0.39, 0.29) is 11.4 Å². The van der Waals surface area contributed by atoms with Crippen molar-refractivity contribution >= 4 is 17.7 Å². The van der Waals surface area contributed by atoms with Gasteiger partial charge < -0.3 is 11.1 Å². The number of hydrogen-bond acceptors (Lipinski definition) is 3. The molecule has 0 spiro atoms. The van der Waals surface area contributed by atoms with Gasteiger partial charge in [0.2, 0.25) is 5.91 Å². The molecule has 0 aromatic carbocycles. The van der Waals surface area contributed by atoms with Gasteiger partial charge in [-0.2, -0.15) is 11.8 Å². The lowest BCUT2D eigenvalue weighted by Crippen LogP contribution is -2.44. The molecule has 0 aromatic rings. The van der Waals surface area contributed by atoms with E-state index in [0.29, 0.717) is 4.75 Å². The topological polar surface area (TPSA) is 55.1 Å². The second-order valence-electron chi connectivity index (χ2n) is 4.83. The normalized spacial score (nSPS) is 19.4. The van der Waals surface area contributed by atoms with Crippen LogP contribution in [0.5, 0.6) is 0 Å². The summed E-state index contributed by atoms with van der Waals surface area (Å²) in [6.07, 6.45) is 1.81. The molecule has 82 valence electrons. The number of hydrogen-bond donors (Lipinski definition) is 2. The third-order valence-corrected chi connectivity index (χ3v) is 3.60. The molecule has 0 radical (unpaired) electrons. The summed E-state index contributed by atoms with van der Waals surface area (Å²) in [6.45, 7) is 7.45. The molecule has 1 aliphatic carbocycles. The van der Waals surface area contributed by atoms with Gasteiger partial charge in [-0.25, -0.2) is 0 Å². The van der Waals surface area contributed by atoms with Crippen LogP contribution in [-0.2, 0) is 4.79 Å². The van der Waals surface area contributed by atoms with Crippen LogP contribution in [0.2, 0.25) is 0 Å². The predicted molar refractivity (Wildman–Crippen MR) is 61.4 cm³/mol. The van der Waals surface area contributed by atoms with Crippen LogP contribution in [-0.4, -0.2) is 28.5 Å². The van der Waals surface area contributed by atoms with Crippen LogP contribution in [0.25, 0.3) is 0 Å². The zero-order valence-corrected chi connectivity index (χ0v) is 10.0. The molecule has 0 saturated heterocycles. The number of amides is 1. The molecule has 0 atom stereocenters. The van der Waals surface area contributed by atoms with Crippen LogP contribution in [0.1, 0.15) is 33.6 Å². The Balaban J connectivity index is 2.13. The molecule has 3 nitrogen and oxygen atoms in total. The first kappa shape index (κ1) is 11.9. The van der Waals surface area contributed by atoms with Crippen molar-refractivity contribution in [3.05, 3.63) is 0 Å². The van der Waals surface area contributed by atoms with Gasteiger partial charge in [-0.3, -0.25) is 4.79 Å². The summed E-state index contributed by atoms with van der Waals surface area (Å²) in [5.74, 6) is 0.830. The maximum Gasteiger partial charge on any atom is 0.237 e. The highest BCUT2D eigenvalue weighted by Crippen LogP contribution is 2.34. The van der Waals surface area contributed by atoms with Crippen molar-refractivity contribution in [3.8, 4) is 0 Å². The zero-order valence-electron chi connectivity index (χ0n) is 9.22. The molecule has 1 rings (SSSR count). The molecular weight excluding hydrogens is 196 g/mol. The summed E-state index contributed by atoms with van der Waals surface area (Å²) >= 11 is 1.90. The monoisotopic (exact) mass is 216 g/mol. The molecular formula is C10H20N2OS. The Hall–Kier alpha value is -0.220. The SMILES string of the molecule is CC(C)(C)SCCNC1(C(N)=O)CC1. The fourth-order valence-corrected chi connectivity index (χ4v) is 2.10. The van der Waals surface area contributed by atoms with Crippen LogP contribution in [0.4, 0.5) is 0 Å². The van der Waals surface area contributed by atoms with E-state index in [4.69, 9.17) is 5.73 Å². The quantitative estimate of drug-likeness (QED) is 0.677. The predicted octanol–water partition coefficient (Wildman–Crippen LogP) is 1.13. The lowest BCUT2D eigenvalue weighted by atomic mass is 10.2. The van der Waals surface area contributed by atoms with Gasteiger partial charge in [0.25, 0.3) is 0 Å². The highest BCUT2D eigenvalue weighted by Gasteiger charge is 2.47. The minimum absolute atomic E-state index is 0.196. The molecule has 1 amide bonds. The summed E-state index contributed by atoms with van der Waals surface area (Å²) in [5.41, 5.74) is 4.94. The first-order valence-electron chi connectivity index (χ1n) is 5.05. The molecule has 1 saturated carbocycles. The minimum atomic E-state index is -0.349. The molecule has 4 heteroatoms. The highest BCUT2D eigenvalue weighted by molar-refractivity contribution is 8.00. The smallest absolute Gasteiger partial charge is 0.237 e. The Morgan fingerprint density at radius 2 is 2.07 bits per heavy atom. The second kappa shape index (κ2) is 4.11. The van der Waals surface area contributed by atoms with Gasteiger partial charge in [-0.15, -0.1) is 0 Å². The van der Waals surface area contributed by atoms with Crippen molar-refractivity contribution in [1.29, 1.82) is 0 Å². The van der Waals surface area contributed by atoms with Crippen molar-refractivity contribution in [3.63, 3.8) is 0 Å². The number of carbonyl (C=O) groups excluding carboxylic acids is 1. The van der Waals surface area contributed by atoms with Crippen LogP contribution in [0.3, 0.4) is 0 Å². The highest BCUT2D eigenvalue weighted by atomic mass is 32.2. The average molecular weight is 216 g/mol. The number of nitrogens with one attached hydrogen (secondary N) is 1. The third kappa shape index (κ3) is 3.50. The Labute approximate surface area is 90.2 Å². The largest absolute Gasteiger partial charge is 0.368 e. The van der Waals surface area contributed by atoms with E-state index in [1.807, 2.05) is 11.8 Å². The van der Waals surface area contributed by atoms with E-state index < -0.39 is 0 Å². The molecule has 1 aliphatic rings. The summed E-state index contributed by atoms with van der Waals surface area (Å²) in [7, 11) is 0. The maximum atomic E-state index is 11.0. The van der Waals surface area contributed by atoms with Crippen molar-refractivity contribution in [2.24, 2.45) is 5.73 Å². The van der Waals surface area contributed by atoms with Gasteiger partial charge in [0.05, 0.1) is 5.54 Å². The van der Waals surface area contributed by atoms with Crippen molar-refractivity contribution in [2.75, 3.05) is 12.3 Å². The van der Waals surface area contributed by atoms with Gasteiger partial charge in [0.1, 0.15) is 0 Å². The van der Waals surface area contributed by atoms with Gasteiger partial charge >= 0.3 is 0 Å². The van der Waals surface area contributed by atoms with Gasteiger partial charge in [0, 0.05) is 17.0 Å². The molecule has 0 aromatic heterocycles. The van der Waals surface area contributed by atoms with Gasteiger partial charge in [0.15, 0.2) is 0 Å². The maximum absolute atomic E-state index is 11.0. The molecule has 0 aliphatic heterocycles. The van der Waals surface area contributed by atoms with E-state index in [0.717, 1.165) is 25.1 Å². The first-order valence-corrected chi connectivity index (χ1v) is 6.03. The summed E-state index contributed by atoms with van der Waals surface area (Å²) in [4.78, 5) is 11.0.